The van der Waals surface area contributed by atoms with Crippen LogP contribution < -0.4 is 4.74 Å². The van der Waals surface area contributed by atoms with Crippen molar-refractivity contribution in [1.29, 1.82) is 0 Å². The zero-order chi connectivity index (χ0) is 14.4. The van der Waals surface area contributed by atoms with Crippen molar-refractivity contribution in [3.8, 4) is 5.75 Å². The average molecular weight is 334 g/mol. The summed E-state index contributed by atoms with van der Waals surface area (Å²) in [5.41, 5.74) is 0.810. The van der Waals surface area contributed by atoms with Gasteiger partial charge in [0.2, 0.25) is 0 Å². The van der Waals surface area contributed by atoms with Gasteiger partial charge in [0.15, 0.2) is 0 Å². The largest absolute Gasteiger partial charge is 0.478 e. The van der Waals surface area contributed by atoms with Crippen molar-refractivity contribution in [3.63, 3.8) is 0 Å². The van der Waals surface area contributed by atoms with E-state index < -0.39 is 11.9 Å². The number of aromatic carboxylic acids is 1. The molecule has 4 nitrogen and oxygen atoms in total. The third kappa shape index (κ3) is 4.97. The van der Waals surface area contributed by atoms with E-state index in [2.05, 4.69) is 0 Å². The Balaban J connectivity index is 0.00000220. The van der Waals surface area contributed by atoms with E-state index in [1.165, 1.54) is 18.2 Å². The van der Waals surface area contributed by atoms with Crippen molar-refractivity contribution in [2.45, 2.75) is 0 Å². The maximum atomic E-state index is 11.7. The third-order valence-corrected chi connectivity index (χ3v) is 2.54. The van der Waals surface area contributed by atoms with E-state index >= 15 is 0 Å². The molecule has 1 N–H and O–H groups in total. The number of hydrogen-bond acceptors (Lipinski definition) is 3. The minimum absolute atomic E-state index is 0. The summed E-state index contributed by atoms with van der Waals surface area (Å²) in [6, 6.07) is 15.3. The van der Waals surface area contributed by atoms with Crippen LogP contribution in [0.3, 0.4) is 0 Å². The van der Waals surface area contributed by atoms with Gasteiger partial charge in [-0.05, 0) is 23.8 Å². The Morgan fingerprint density at radius 1 is 0.952 bits per heavy atom. The monoisotopic (exact) mass is 332 g/mol. The molecule has 0 aliphatic heterocycles. The average Bonchev–Trinajstić information content (AvgIpc) is 2.46. The van der Waals surface area contributed by atoms with Gasteiger partial charge in [-0.25, -0.2) is 9.59 Å². The molecule has 0 radical (unpaired) electrons. The number of benzene rings is 2. The molecule has 0 saturated carbocycles. The molecule has 0 heterocycles. The first-order chi connectivity index (χ1) is 9.66. The smallest absolute Gasteiger partial charge is 0.339 e. The quantitative estimate of drug-likeness (QED) is 0.404. The number of hydrogen-bond donors (Lipinski definition) is 1. The standard InChI is InChI=1S/C16H12O4.Zn/c17-15(11-10-12-6-2-1-3-7-12)20-14-9-5-4-8-13(14)16(18)19;/h1-11H,(H,18,19);/b11-10+;. The molecule has 0 unspecified atom stereocenters. The topological polar surface area (TPSA) is 63.6 Å². The Morgan fingerprint density at radius 2 is 1.57 bits per heavy atom. The second-order valence-electron chi connectivity index (χ2n) is 3.97. The van der Waals surface area contributed by atoms with E-state index in [0.29, 0.717) is 0 Å². The first-order valence-corrected chi connectivity index (χ1v) is 5.94. The van der Waals surface area contributed by atoms with Crippen LogP contribution in [0, 0.1) is 0 Å². The van der Waals surface area contributed by atoms with E-state index in [1.807, 2.05) is 30.3 Å². The molecule has 5 heteroatoms. The first-order valence-electron chi connectivity index (χ1n) is 5.94. The minimum atomic E-state index is -1.14. The van der Waals surface area contributed by atoms with Crippen LogP contribution >= 0.6 is 0 Å². The number of rotatable bonds is 4. The molecule has 0 aliphatic carbocycles. The van der Waals surface area contributed by atoms with Crippen molar-refractivity contribution < 1.29 is 38.9 Å². The van der Waals surface area contributed by atoms with Crippen LogP contribution in [0.2, 0.25) is 0 Å². The van der Waals surface area contributed by atoms with Gasteiger partial charge in [-0.1, -0.05) is 42.5 Å². The molecule has 21 heavy (non-hydrogen) atoms. The van der Waals surface area contributed by atoms with Gasteiger partial charge in [-0.15, -0.1) is 0 Å². The Kier molecular flexibility index (Phi) is 6.50. The van der Waals surface area contributed by atoms with Crippen LogP contribution in [0.1, 0.15) is 15.9 Å². The maximum Gasteiger partial charge on any atom is 0.339 e. The van der Waals surface area contributed by atoms with Gasteiger partial charge >= 0.3 is 11.9 Å². The molecule has 0 spiro atoms. The zero-order valence-corrected chi connectivity index (χ0v) is 14.2. The summed E-state index contributed by atoms with van der Waals surface area (Å²) in [6.45, 7) is 0. The second kappa shape index (κ2) is 8.12. The van der Waals surface area contributed by atoms with Gasteiger partial charge in [0.25, 0.3) is 0 Å². The number of para-hydroxylation sites is 1. The van der Waals surface area contributed by atoms with Crippen molar-refractivity contribution in [2.24, 2.45) is 0 Å². The summed E-state index contributed by atoms with van der Waals surface area (Å²) in [7, 11) is 0. The number of ether oxygens (including phenoxy) is 1. The number of esters is 1. The van der Waals surface area contributed by atoms with Crippen LogP contribution in [-0.4, -0.2) is 17.0 Å². The molecular weight excluding hydrogens is 322 g/mol. The Labute approximate surface area is 134 Å². The number of carboxylic acid groups (broad SMARTS) is 1. The molecule has 2 aromatic carbocycles. The first kappa shape index (κ1) is 16.8. The SMILES string of the molecule is O=C(/C=C/c1ccccc1)Oc1ccccc1C(=O)O.[Zn]. The summed E-state index contributed by atoms with van der Waals surface area (Å²) in [6.07, 6.45) is 2.86. The Hall–Kier alpha value is -2.26. The molecule has 0 bridgehead atoms. The van der Waals surface area contributed by atoms with E-state index in [-0.39, 0.29) is 30.8 Å². The van der Waals surface area contributed by atoms with Crippen LogP contribution in [0.25, 0.3) is 6.08 Å². The number of carbonyl (C=O) groups excluding carboxylic acids is 1. The molecule has 0 atom stereocenters. The molecule has 102 valence electrons. The van der Waals surface area contributed by atoms with Crippen molar-refractivity contribution >= 4 is 18.0 Å². The molecule has 0 aliphatic rings. The van der Waals surface area contributed by atoms with Gasteiger partial charge < -0.3 is 9.84 Å². The molecule has 0 fully saturated rings. The maximum absolute atomic E-state index is 11.7. The van der Waals surface area contributed by atoms with E-state index in [9.17, 15) is 9.59 Å². The van der Waals surface area contributed by atoms with E-state index in [0.717, 1.165) is 5.56 Å². The number of carboxylic acids is 1. The summed E-state index contributed by atoms with van der Waals surface area (Å²) < 4.78 is 5.02. The van der Waals surface area contributed by atoms with Crippen LogP contribution in [0.4, 0.5) is 0 Å². The fraction of sp³-hybridized carbons (Fsp3) is 0. The van der Waals surface area contributed by atoms with Crippen molar-refractivity contribution in [2.75, 3.05) is 0 Å². The summed E-state index contributed by atoms with van der Waals surface area (Å²) in [4.78, 5) is 22.6. The fourth-order valence-corrected chi connectivity index (χ4v) is 1.60. The van der Waals surface area contributed by atoms with Crippen molar-refractivity contribution in [3.05, 3.63) is 71.8 Å². The molecule has 2 rings (SSSR count). The van der Waals surface area contributed by atoms with Crippen LogP contribution in [0.15, 0.2) is 60.7 Å². The molecular formula is C16H12O4Zn. The van der Waals surface area contributed by atoms with Gasteiger partial charge in [0, 0.05) is 25.6 Å². The van der Waals surface area contributed by atoms with Gasteiger partial charge in [0.05, 0.1) is 0 Å². The molecule has 2 aromatic rings. The summed E-state index contributed by atoms with van der Waals surface area (Å²) in [5, 5.41) is 8.98. The molecule has 0 saturated heterocycles. The van der Waals surface area contributed by atoms with Crippen LogP contribution in [-0.2, 0) is 24.3 Å². The van der Waals surface area contributed by atoms with E-state index in [1.54, 1.807) is 18.2 Å². The molecule has 0 amide bonds. The van der Waals surface area contributed by atoms with Gasteiger partial charge in [-0.2, -0.15) is 0 Å². The fourth-order valence-electron chi connectivity index (χ4n) is 1.60. The predicted molar refractivity (Wildman–Crippen MR) is 74.5 cm³/mol. The second-order valence-corrected chi connectivity index (χ2v) is 3.97. The minimum Gasteiger partial charge on any atom is -0.478 e. The van der Waals surface area contributed by atoms with Crippen LogP contribution in [0.5, 0.6) is 5.75 Å². The summed E-state index contributed by atoms with van der Waals surface area (Å²) in [5.74, 6) is -1.73. The van der Waals surface area contributed by atoms with E-state index in [4.69, 9.17) is 9.84 Å². The predicted octanol–water partition coefficient (Wildman–Crippen LogP) is 3.00. The third-order valence-electron chi connectivity index (χ3n) is 2.54. The van der Waals surface area contributed by atoms with Gasteiger partial charge in [-0.3, -0.25) is 0 Å². The summed E-state index contributed by atoms with van der Waals surface area (Å²) >= 11 is 0. The Morgan fingerprint density at radius 3 is 2.24 bits per heavy atom. The zero-order valence-electron chi connectivity index (χ0n) is 11.2. The van der Waals surface area contributed by atoms with Gasteiger partial charge in [0.1, 0.15) is 11.3 Å². The van der Waals surface area contributed by atoms with Crippen molar-refractivity contribution in [1.82, 2.24) is 0 Å². The number of carbonyl (C=O) groups is 2. The molecule has 0 aromatic heterocycles. The normalized spacial score (nSPS) is 9.90. The Bertz CT molecular complexity index is 650.